The molecule has 2 nitrogen and oxygen atoms in total. The molecule has 0 saturated carbocycles. The van der Waals surface area contributed by atoms with Gasteiger partial charge in [0.1, 0.15) is 5.82 Å². The Bertz CT molecular complexity index is 428. The summed E-state index contributed by atoms with van der Waals surface area (Å²) in [7, 11) is 0. The number of alkyl halides is 1. The molecule has 0 aliphatic heterocycles. The normalized spacial score (nSPS) is 12.7. The molecule has 1 heterocycles. The first kappa shape index (κ1) is 11.0. The monoisotopic (exact) mass is 332 g/mol. The smallest absolute Gasteiger partial charge is 0.107 e. The molecule has 0 aliphatic carbocycles. The average Bonchev–Trinajstić information content (AvgIpc) is 2.70. The van der Waals surface area contributed by atoms with Crippen molar-refractivity contribution in [1.29, 1.82) is 0 Å². The van der Waals surface area contributed by atoms with Crippen LogP contribution >= 0.6 is 34.2 Å². The molecular formula is C11H10ClIN2. The Morgan fingerprint density at radius 2 is 2.33 bits per heavy atom. The van der Waals surface area contributed by atoms with Crippen LogP contribution in [-0.4, -0.2) is 9.97 Å². The van der Waals surface area contributed by atoms with Crippen LogP contribution in [0.4, 0.5) is 0 Å². The van der Waals surface area contributed by atoms with E-state index in [9.17, 15) is 0 Å². The first-order chi connectivity index (χ1) is 7.25. The number of aromatic nitrogens is 2. The van der Waals surface area contributed by atoms with Crippen LogP contribution in [0.2, 0.25) is 0 Å². The second-order valence-corrected chi connectivity index (χ2v) is 5.03. The molecule has 2 aromatic rings. The number of nitrogens with zero attached hydrogens (tertiary/aromatic N) is 1. The van der Waals surface area contributed by atoms with Crippen molar-refractivity contribution < 1.29 is 0 Å². The van der Waals surface area contributed by atoms with Gasteiger partial charge < -0.3 is 4.98 Å². The molecule has 0 aliphatic rings. The zero-order valence-corrected chi connectivity index (χ0v) is 10.9. The van der Waals surface area contributed by atoms with Crippen LogP contribution < -0.4 is 0 Å². The lowest BCUT2D eigenvalue weighted by Crippen LogP contribution is -1.97. The number of H-pyrrole nitrogens is 1. The number of rotatable bonds is 3. The summed E-state index contributed by atoms with van der Waals surface area (Å²) in [5.41, 5.74) is 1.14. The van der Waals surface area contributed by atoms with Crippen molar-refractivity contribution >= 4 is 34.2 Å². The van der Waals surface area contributed by atoms with Crippen molar-refractivity contribution in [2.24, 2.45) is 0 Å². The fraction of sp³-hybridized carbons (Fsp3) is 0.182. The standard InChI is InChI=1S/C11H10ClIN2/c12-10(7-11-14-4-5-15-11)8-2-1-3-9(13)6-8/h1-6,10H,7H2,(H,14,15). The van der Waals surface area contributed by atoms with Gasteiger partial charge >= 0.3 is 0 Å². The van der Waals surface area contributed by atoms with E-state index in [-0.39, 0.29) is 5.38 Å². The number of hydrogen-bond donors (Lipinski definition) is 1. The van der Waals surface area contributed by atoms with Crippen LogP contribution in [0.1, 0.15) is 16.8 Å². The predicted molar refractivity (Wildman–Crippen MR) is 70.0 cm³/mol. The minimum atomic E-state index is -0.0223. The van der Waals surface area contributed by atoms with Gasteiger partial charge in [0.15, 0.2) is 0 Å². The second kappa shape index (κ2) is 4.99. The van der Waals surface area contributed by atoms with Gasteiger partial charge in [-0.25, -0.2) is 4.98 Å². The van der Waals surface area contributed by atoms with Gasteiger partial charge in [-0.2, -0.15) is 0 Å². The van der Waals surface area contributed by atoms with Crippen LogP contribution in [0.3, 0.4) is 0 Å². The number of imidazole rings is 1. The summed E-state index contributed by atoms with van der Waals surface area (Å²) >= 11 is 8.59. The van der Waals surface area contributed by atoms with Crippen molar-refractivity contribution in [2.75, 3.05) is 0 Å². The van der Waals surface area contributed by atoms with Crippen LogP contribution in [0.25, 0.3) is 0 Å². The number of benzene rings is 1. The molecule has 0 amide bonds. The third-order valence-electron chi connectivity index (χ3n) is 2.14. The van der Waals surface area contributed by atoms with Crippen molar-refractivity contribution in [2.45, 2.75) is 11.8 Å². The number of nitrogens with one attached hydrogen (secondary N) is 1. The van der Waals surface area contributed by atoms with E-state index >= 15 is 0 Å². The third kappa shape index (κ3) is 2.95. The Balaban J connectivity index is 2.11. The first-order valence-electron chi connectivity index (χ1n) is 4.63. The summed E-state index contributed by atoms with van der Waals surface area (Å²) in [6.07, 6.45) is 4.29. The number of halogens is 2. The maximum atomic E-state index is 6.31. The SMILES string of the molecule is ClC(Cc1ncc[nH]1)c1cccc(I)c1. The first-order valence-corrected chi connectivity index (χ1v) is 6.15. The van der Waals surface area contributed by atoms with Gasteiger partial charge in [0, 0.05) is 22.4 Å². The molecule has 2 rings (SSSR count). The van der Waals surface area contributed by atoms with Gasteiger partial charge in [0.25, 0.3) is 0 Å². The van der Waals surface area contributed by atoms with Gasteiger partial charge in [-0.1, -0.05) is 12.1 Å². The summed E-state index contributed by atoms with van der Waals surface area (Å²) in [6.45, 7) is 0. The zero-order chi connectivity index (χ0) is 10.7. The highest BCUT2D eigenvalue weighted by Gasteiger charge is 2.10. The predicted octanol–water partition coefficient (Wildman–Crippen LogP) is 3.54. The van der Waals surface area contributed by atoms with E-state index < -0.39 is 0 Å². The quantitative estimate of drug-likeness (QED) is 0.676. The maximum Gasteiger partial charge on any atom is 0.107 e. The largest absolute Gasteiger partial charge is 0.349 e. The maximum absolute atomic E-state index is 6.31. The van der Waals surface area contributed by atoms with Gasteiger partial charge in [-0.05, 0) is 40.3 Å². The van der Waals surface area contributed by atoms with E-state index in [1.165, 1.54) is 3.57 Å². The molecule has 4 heteroatoms. The molecule has 0 spiro atoms. The number of aromatic amines is 1. The van der Waals surface area contributed by atoms with E-state index in [0.29, 0.717) is 0 Å². The summed E-state index contributed by atoms with van der Waals surface area (Å²) in [5, 5.41) is -0.0223. The van der Waals surface area contributed by atoms with E-state index in [4.69, 9.17) is 11.6 Å². The van der Waals surface area contributed by atoms with E-state index in [2.05, 4.69) is 44.7 Å². The molecule has 78 valence electrons. The molecule has 1 aromatic heterocycles. The van der Waals surface area contributed by atoms with Gasteiger partial charge in [0.05, 0.1) is 5.38 Å². The number of hydrogen-bond acceptors (Lipinski definition) is 1. The molecule has 0 radical (unpaired) electrons. The van der Waals surface area contributed by atoms with Crippen molar-refractivity contribution in [1.82, 2.24) is 9.97 Å². The summed E-state index contributed by atoms with van der Waals surface area (Å²) in [6, 6.07) is 8.22. The Kier molecular flexibility index (Phi) is 3.64. The van der Waals surface area contributed by atoms with Crippen LogP contribution in [-0.2, 0) is 6.42 Å². The fourth-order valence-electron chi connectivity index (χ4n) is 1.40. The Hall–Kier alpha value is -0.550. The summed E-state index contributed by atoms with van der Waals surface area (Å²) in [5.74, 6) is 0.925. The fourth-order valence-corrected chi connectivity index (χ4v) is 2.25. The van der Waals surface area contributed by atoms with Crippen LogP contribution in [0.5, 0.6) is 0 Å². The highest BCUT2D eigenvalue weighted by atomic mass is 127. The van der Waals surface area contributed by atoms with Crippen molar-refractivity contribution in [3.63, 3.8) is 0 Å². The second-order valence-electron chi connectivity index (χ2n) is 3.26. The van der Waals surface area contributed by atoms with Gasteiger partial charge in [-0.15, -0.1) is 11.6 Å². The van der Waals surface area contributed by atoms with E-state index in [1.807, 2.05) is 18.3 Å². The highest BCUT2D eigenvalue weighted by molar-refractivity contribution is 14.1. The van der Waals surface area contributed by atoms with Crippen LogP contribution in [0, 0.1) is 3.57 Å². The lowest BCUT2D eigenvalue weighted by Gasteiger charge is -2.08. The molecule has 0 fully saturated rings. The molecular weight excluding hydrogens is 322 g/mol. The van der Waals surface area contributed by atoms with E-state index in [0.717, 1.165) is 17.8 Å². The Morgan fingerprint density at radius 3 is 3.00 bits per heavy atom. The minimum Gasteiger partial charge on any atom is -0.349 e. The Labute approximate surface area is 107 Å². The van der Waals surface area contributed by atoms with Gasteiger partial charge in [-0.3, -0.25) is 0 Å². The molecule has 1 N–H and O–H groups in total. The summed E-state index contributed by atoms with van der Waals surface area (Å²) in [4.78, 5) is 7.22. The Morgan fingerprint density at radius 1 is 1.47 bits per heavy atom. The van der Waals surface area contributed by atoms with Gasteiger partial charge in [0.2, 0.25) is 0 Å². The lowest BCUT2D eigenvalue weighted by molar-refractivity contribution is 0.854. The zero-order valence-electron chi connectivity index (χ0n) is 7.95. The topological polar surface area (TPSA) is 28.7 Å². The highest BCUT2D eigenvalue weighted by Crippen LogP contribution is 2.24. The molecule has 0 saturated heterocycles. The molecule has 1 unspecified atom stereocenters. The average molecular weight is 333 g/mol. The van der Waals surface area contributed by atoms with Crippen molar-refractivity contribution in [3.8, 4) is 0 Å². The summed E-state index contributed by atoms with van der Waals surface area (Å²) < 4.78 is 1.20. The minimum absolute atomic E-state index is 0.0223. The molecule has 0 bridgehead atoms. The van der Waals surface area contributed by atoms with Crippen LogP contribution in [0.15, 0.2) is 36.7 Å². The van der Waals surface area contributed by atoms with Crippen molar-refractivity contribution in [3.05, 3.63) is 51.6 Å². The third-order valence-corrected chi connectivity index (χ3v) is 3.22. The van der Waals surface area contributed by atoms with E-state index in [1.54, 1.807) is 6.20 Å². The molecule has 15 heavy (non-hydrogen) atoms. The lowest BCUT2D eigenvalue weighted by atomic mass is 10.1. The molecule has 1 atom stereocenters. The molecule has 1 aromatic carbocycles.